The highest BCUT2D eigenvalue weighted by atomic mass is 16.5. The summed E-state index contributed by atoms with van der Waals surface area (Å²) in [6, 6.07) is 3.14. The van der Waals surface area contributed by atoms with Crippen molar-refractivity contribution in [1.82, 2.24) is 9.97 Å². The van der Waals surface area contributed by atoms with Gasteiger partial charge in [0.25, 0.3) is 0 Å². The van der Waals surface area contributed by atoms with Gasteiger partial charge in [-0.2, -0.15) is 4.98 Å². The van der Waals surface area contributed by atoms with E-state index < -0.39 is 5.97 Å². The summed E-state index contributed by atoms with van der Waals surface area (Å²) in [5, 5.41) is 0.592. The number of carbonyl (C=O) groups is 1. The van der Waals surface area contributed by atoms with Crippen molar-refractivity contribution in [2.75, 3.05) is 12.3 Å². The summed E-state index contributed by atoms with van der Waals surface area (Å²) in [4.78, 5) is 33.6. The fourth-order valence-corrected chi connectivity index (χ4v) is 3.32. The Morgan fingerprint density at radius 2 is 2.15 bits per heavy atom. The van der Waals surface area contributed by atoms with Crippen molar-refractivity contribution in [2.45, 2.75) is 32.6 Å². The maximum atomic E-state index is 13.0. The Morgan fingerprint density at radius 1 is 1.30 bits per heavy atom. The first-order valence-corrected chi connectivity index (χ1v) is 8.98. The fourth-order valence-electron chi connectivity index (χ4n) is 3.32. The highest BCUT2D eigenvalue weighted by Gasteiger charge is 2.18. The number of allylic oxidation sites excluding steroid dienone is 2. The number of nitrogen functional groups attached to an aromatic ring is 1. The highest BCUT2D eigenvalue weighted by Crippen LogP contribution is 2.28. The summed E-state index contributed by atoms with van der Waals surface area (Å²) in [5.74, 6) is -0.660. The first-order valence-electron chi connectivity index (χ1n) is 8.98. The van der Waals surface area contributed by atoms with E-state index in [1.807, 2.05) is 0 Å². The van der Waals surface area contributed by atoms with Crippen LogP contribution in [0.2, 0.25) is 0 Å². The lowest BCUT2D eigenvalue weighted by Crippen LogP contribution is -2.12. The van der Waals surface area contributed by atoms with Gasteiger partial charge < -0.3 is 14.9 Å². The number of nitrogens with two attached hydrogens (primary N) is 1. The second-order valence-corrected chi connectivity index (χ2v) is 6.47. The zero-order valence-electron chi connectivity index (χ0n) is 14.9. The molecule has 0 aromatic carbocycles. The SMILES string of the molecule is CCOC(=O)c1cc2c(=O)c3cc(C4=CCCCC4)ncc3oc2nc1N. The topological polar surface area (TPSA) is 108 Å². The summed E-state index contributed by atoms with van der Waals surface area (Å²) in [7, 11) is 0. The zero-order chi connectivity index (χ0) is 19.0. The molecule has 1 aliphatic rings. The number of aromatic nitrogens is 2. The van der Waals surface area contributed by atoms with E-state index in [2.05, 4.69) is 16.0 Å². The molecule has 0 saturated heterocycles. The van der Waals surface area contributed by atoms with Crippen molar-refractivity contribution in [3.05, 3.63) is 45.9 Å². The third-order valence-corrected chi connectivity index (χ3v) is 4.70. The lowest BCUT2D eigenvalue weighted by molar-refractivity contribution is 0.0527. The Kier molecular flexibility index (Phi) is 4.35. The Balaban J connectivity index is 1.92. The van der Waals surface area contributed by atoms with E-state index >= 15 is 0 Å². The van der Waals surface area contributed by atoms with Crippen LogP contribution in [0.15, 0.2) is 33.6 Å². The zero-order valence-corrected chi connectivity index (χ0v) is 14.9. The number of pyridine rings is 2. The van der Waals surface area contributed by atoms with Crippen LogP contribution >= 0.6 is 0 Å². The third-order valence-electron chi connectivity index (χ3n) is 4.70. The van der Waals surface area contributed by atoms with E-state index in [1.54, 1.807) is 13.0 Å². The largest absolute Gasteiger partial charge is 0.462 e. The van der Waals surface area contributed by atoms with E-state index in [1.165, 1.54) is 18.7 Å². The molecule has 3 aromatic rings. The van der Waals surface area contributed by atoms with Crippen molar-refractivity contribution >= 4 is 39.4 Å². The van der Waals surface area contributed by atoms with Gasteiger partial charge in [0.2, 0.25) is 11.1 Å². The molecular formula is C20H19N3O4. The number of anilines is 1. The Bertz CT molecular complexity index is 1150. The van der Waals surface area contributed by atoms with E-state index in [0.29, 0.717) is 11.0 Å². The first-order chi connectivity index (χ1) is 13.1. The van der Waals surface area contributed by atoms with Gasteiger partial charge in [0, 0.05) is 0 Å². The monoisotopic (exact) mass is 365 g/mol. The maximum Gasteiger partial charge on any atom is 0.341 e. The molecule has 138 valence electrons. The summed E-state index contributed by atoms with van der Waals surface area (Å²) in [6.07, 6.45) is 7.97. The number of ether oxygens (including phenoxy) is 1. The molecule has 0 unspecified atom stereocenters. The Hall–Kier alpha value is -3.22. The minimum absolute atomic E-state index is 0.0413. The normalized spacial score (nSPS) is 14.3. The molecule has 0 radical (unpaired) electrons. The van der Waals surface area contributed by atoms with Crippen LogP contribution in [0.5, 0.6) is 0 Å². The van der Waals surface area contributed by atoms with Crippen LogP contribution in [0.25, 0.3) is 27.6 Å². The van der Waals surface area contributed by atoms with Crippen LogP contribution < -0.4 is 11.2 Å². The van der Waals surface area contributed by atoms with Gasteiger partial charge >= 0.3 is 5.97 Å². The molecule has 3 heterocycles. The molecule has 7 nitrogen and oxygen atoms in total. The smallest absolute Gasteiger partial charge is 0.341 e. The van der Waals surface area contributed by atoms with E-state index in [9.17, 15) is 9.59 Å². The lowest BCUT2D eigenvalue weighted by atomic mass is 9.96. The van der Waals surface area contributed by atoms with Gasteiger partial charge in [-0.1, -0.05) is 6.08 Å². The van der Waals surface area contributed by atoms with Gasteiger partial charge in [-0.25, -0.2) is 4.79 Å². The number of nitrogens with zero attached hydrogens (tertiary/aromatic N) is 2. The molecule has 27 heavy (non-hydrogen) atoms. The van der Waals surface area contributed by atoms with Gasteiger partial charge in [-0.3, -0.25) is 9.78 Å². The van der Waals surface area contributed by atoms with Crippen molar-refractivity contribution in [2.24, 2.45) is 0 Å². The van der Waals surface area contributed by atoms with E-state index in [0.717, 1.165) is 30.5 Å². The van der Waals surface area contributed by atoms with E-state index in [4.69, 9.17) is 14.9 Å². The van der Waals surface area contributed by atoms with Crippen LogP contribution in [-0.4, -0.2) is 22.5 Å². The van der Waals surface area contributed by atoms with Crippen molar-refractivity contribution in [3.8, 4) is 0 Å². The van der Waals surface area contributed by atoms with Crippen molar-refractivity contribution in [1.29, 1.82) is 0 Å². The predicted molar refractivity (Wildman–Crippen MR) is 102 cm³/mol. The maximum absolute atomic E-state index is 13.0. The molecule has 2 N–H and O–H groups in total. The van der Waals surface area contributed by atoms with Gasteiger partial charge in [0.05, 0.1) is 29.3 Å². The average Bonchev–Trinajstić information content (AvgIpc) is 2.68. The molecule has 0 spiro atoms. The quantitative estimate of drug-likeness (QED) is 0.559. The second-order valence-electron chi connectivity index (χ2n) is 6.47. The first kappa shape index (κ1) is 17.2. The minimum atomic E-state index is -0.619. The van der Waals surface area contributed by atoms with E-state index in [-0.39, 0.29) is 34.5 Å². The summed E-state index contributed by atoms with van der Waals surface area (Å²) in [6.45, 7) is 1.89. The Morgan fingerprint density at radius 3 is 2.89 bits per heavy atom. The number of esters is 1. The second kappa shape index (κ2) is 6.83. The number of rotatable bonds is 3. The molecule has 0 saturated carbocycles. The number of hydrogen-bond acceptors (Lipinski definition) is 7. The van der Waals surface area contributed by atoms with Crippen LogP contribution in [0.3, 0.4) is 0 Å². The van der Waals surface area contributed by atoms with Crippen molar-refractivity contribution < 1.29 is 13.9 Å². The van der Waals surface area contributed by atoms with Gasteiger partial charge in [-0.15, -0.1) is 0 Å². The van der Waals surface area contributed by atoms with Crippen LogP contribution in [-0.2, 0) is 4.74 Å². The van der Waals surface area contributed by atoms with Gasteiger partial charge in [0.15, 0.2) is 5.58 Å². The van der Waals surface area contributed by atoms with Gasteiger partial charge in [0.1, 0.15) is 11.4 Å². The molecule has 4 rings (SSSR count). The molecular weight excluding hydrogens is 346 g/mol. The number of hydrogen-bond donors (Lipinski definition) is 1. The standard InChI is InChI=1S/C20H19N3O4/c1-2-26-20(25)14-8-13-17(24)12-9-15(11-6-4-3-5-7-11)22-10-16(12)27-19(13)23-18(14)21/h6,8-10H,2-5,7H2,1H3,(H2,21,23). The molecule has 0 aliphatic heterocycles. The number of fused-ring (bicyclic) bond motifs is 2. The van der Waals surface area contributed by atoms with Crippen LogP contribution in [0, 0.1) is 0 Å². The molecule has 0 fully saturated rings. The van der Waals surface area contributed by atoms with Crippen LogP contribution in [0.1, 0.15) is 48.7 Å². The minimum Gasteiger partial charge on any atom is -0.462 e. The molecule has 7 heteroatoms. The molecule has 0 bridgehead atoms. The fraction of sp³-hybridized carbons (Fsp3) is 0.300. The summed E-state index contributed by atoms with van der Waals surface area (Å²) in [5.41, 5.74) is 7.95. The third kappa shape index (κ3) is 3.05. The average molecular weight is 365 g/mol. The lowest BCUT2D eigenvalue weighted by Gasteiger charge is -2.12. The molecule has 1 aliphatic carbocycles. The summed E-state index contributed by atoms with van der Waals surface area (Å²) < 4.78 is 10.7. The van der Waals surface area contributed by atoms with Gasteiger partial charge in [-0.05, 0) is 50.3 Å². The predicted octanol–water partition coefficient (Wildman–Crippen LogP) is 3.45. The number of carbonyl (C=O) groups excluding carboxylic acids is 1. The molecule has 0 amide bonds. The summed E-state index contributed by atoms with van der Waals surface area (Å²) >= 11 is 0. The van der Waals surface area contributed by atoms with Crippen molar-refractivity contribution in [3.63, 3.8) is 0 Å². The van der Waals surface area contributed by atoms with Crippen LogP contribution in [0.4, 0.5) is 5.82 Å². The Labute approximate surface area is 154 Å². The molecule has 3 aromatic heterocycles. The molecule has 0 atom stereocenters. The highest BCUT2D eigenvalue weighted by molar-refractivity contribution is 5.99.